The highest BCUT2D eigenvalue weighted by Crippen LogP contribution is 2.23. The Morgan fingerprint density at radius 1 is 1.30 bits per heavy atom. The second-order valence-electron chi connectivity index (χ2n) is 6.27. The largest absolute Gasteiger partial charge is 0.389 e. The van der Waals surface area contributed by atoms with Crippen LogP contribution in [0.25, 0.3) is 0 Å². The predicted molar refractivity (Wildman–Crippen MR) is 99.3 cm³/mol. The molecule has 8 heteroatoms. The number of hydrogen-bond donors (Lipinski definition) is 1. The van der Waals surface area contributed by atoms with E-state index in [2.05, 4.69) is 16.9 Å². The molecule has 27 heavy (non-hydrogen) atoms. The van der Waals surface area contributed by atoms with Crippen LogP contribution in [0, 0.1) is 23.2 Å². The third-order valence-electron chi connectivity index (χ3n) is 4.35. The number of nitrogens with zero attached hydrogens (tertiary/aromatic N) is 3. The Labute approximate surface area is 158 Å². The lowest BCUT2D eigenvalue weighted by atomic mass is 10.0. The molecule has 0 spiro atoms. The van der Waals surface area contributed by atoms with Gasteiger partial charge in [-0.15, -0.1) is 0 Å². The SMILES string of the molecule is C[C@@](CCn1cc(C#Cc2cccc(C#N)c2)cn1)(C(=O)CO)S(C)(=O)=O. The number of sulfone groups is 1. The van der Waals surface area contributed by atoms with Gasteiger partial charge in [0.15, 0.2) is 15.6 Å². The van der Waals surface area contributed by atoms with E-state index in [0.29, 0.717) is 16.7 Å². The van der Waals surface area contributed by atoms with E-state index in [1.807, 2.05) is 6.07 Å². The number of nitriles is 1. The summed E-state index contributed by atoms with van der Waals surface area (Å²) in [5.41, 5.74) is 1.83. The Kier molecular flexibility index (Phi) is 6.17. The van der Waals surface area contributed by atoms with Crippen molar-refractivity contribution in [2.24, 2.45) is 0 Å². The summed E-state index contributed by atoms with van der Waals surface area (Å²) in [6.07, 6.45) is 4.15. The zero-order chi connectivity index (χ0) is 20.1. The minimum Gasteiger partial charge on any atom is -0.389 e. The lowest BCUT2D eigenvalue weighted by Gasteiger charge is -2.25. The molecule has 0 saturated carbocycles. The number of ketones is 1. The molecule has 0 aliphatic rings. The van der Waals surface area contributed by atoms with Gasteiger partial charge < -0.3 is 5.11 Å². The standard InChI is InChI=1S/C19H19N3O4S/c1-19(18(24)14-23,27(2,25)26)8-9-22-13-17(12-21-22)7-6-15-4-3-5-16(10-15)11-20/h3-5,10,12-13,23H,8-9,14H2,1-2H3/t19-/m1/s1. The second-order valence-corrected chi connectivity index (χ2v) is 8.71. The smallest absolute Gasteiger partial charge is 0.179 e. The molecule has 0 aliphatic heterocycles. The molecule has 7 nitrogen and oxygen atoms in total. The second kappa shape index (κ2) is 8.17. The summed E-state index contributed by atoms with van der Waals surface area (Å²) in [7, 11) is -3.70. The minimum absolute atomic E-state index is 0.00993. The van der Waals surface area contributed by atoms with E-state index in [1.54, 1.807) is 30.5 Å². The molecule has 1 heterocycles. The Morgan fingerprint density at radius 2 is 1.96 bits per heavy atom. The number of Topliss-reactive ketones (excluding diaryl/α,β-unsaturated/α-hetero) is 1. The molecule has 2 rings (SSSR count). The summed E-state index contributed by atoms with van der Waals surface area (Å²) in [4.78, 5) is 11.9. The monoisotopic (exact) mass is 385 g/mol. The zero-order valence-electron chi connectivity index (χ0n) is 15.0. The van der Waals surface area contributed by atoms with E-state index >= 15 is 0 Å². The predicted octanol–water partition coefficient (Wildman–Crippen LogP) is 0.909. The van der Waals surface area contributed by atoms with Gasteiger partial charge in [-0.3, -0.25) is 9.48 Å². The highest BCUT2D eigenvalue weighted by molar-refractivity contribution is 7.92. The maximum absolute atomic E-state index is 12.0. The number of benzene rings is 1. The van der Waals surface area contributed by atoms with Crippen LogP contribution >= 0.6 is 0 Å². The number of carbonyl (C=O) groups excluding carboxylic acids is 1. The number of hydrogen-bond acceptors (Lipinski definition) is 6. The van der Waals surface area contributed by atoms with E-state index in [4.69, 9.17) is 10.4 Å². The van der Waals surface area contributed by atoms with Gasteiger partial charge in [0.25, 0.3) is 0 Å². The van der Waals surface area contributed by atoms with Gasteiger partial charge in [-0.1, -0.05) is 17.9 Å². The average Bonchev–Trinajstić information content (AvgIpc) is 3.11. The van der Waals surface area contributed by atoms with Gasteiger partial charge in [0.1, 0.15) is 11.4 Å². The van der Waals surface area contributed by atoms with E-state index < -0.39 is 27.0 Å². The molecule has 0 unspecified atom stereocenters. The first kappa shape index (κ1) is 20.4. The molecule has 1 N–H and O–H groups in total. The molecule has 0 saturated heterocycles. The molecule has 1 aromatic carbocycles. The number of aromatic nitrogens is 2. The van der Waals surface area contributed by atoms with Crippen molar-refractivity contribution >= 4 is 15.6 Å². The molecule has 2 aromatic rings. The molecular formula is C19H19N3O4S. The first-order valence-electron chi connectivity index (χ1n) is 8.08. The lowest BCUT2D eigenvalue weighted by Crippen LogP contribution is -2.45. The molecule has 0 amide bonds. The van der Waals surface area contributed by atoms with Crippen LogP contribution in [0.3, 0.4) is 0 Å². The number of carbonyl (C=O) groups is 1. The van der Waals surface area contributed by atoms with Crippen molar-refractivity contribution in [2.75, 3.05) is 12.9 Å². The normalized spacial score (nSPS) is 13.1. The van der Waals surface area contributed by atoms with Crippen molar-refractivity contribution in [3.05, 3.63) is 53.3 Å². The first-order valence-corrected chi connectivity index (χ1v) is 9.97. The molecule has 1 aromatic heterocycles. The summed E-state index contributed by atoms with van der Waals surface area (Å²) in [5.74, 6) is 5.12. The van der Waals surface area contributed by atoms with Gasteiger partial charge in [0.05, 0.1) is 23.4 Å². The number of aliphatic hydroxyl groups excluding tert-OH is 1. The van der Waals surface area contributed by atoms with Gasteiger partial charge in [-0.2, -0.15) is 10.4 Å². The molecule has 0 radical (unpaired) electrons. The Balaban J connectivity index is 2.14. The fourth-order valence-electron chi connectivity index (χ4n) is 2.39. The van der Waals surface area contributed by atoms with Crippen LogP contribution in [0.4, 0.5) is 0 Å². The van der Waals surface area contributed by atoms with Crippen molar-refractivity contribution < 1.29 is 18.3 Å². The van der Waals surface area contributed by atoms with Crippen LogP contribution in [0.15, 0.2) is 36.7 Å². The molecule has 1 atom stereocenters. The summed E-state index contributed by atoms with van der Waals surface area (Å²) in [6, 6.07) is 8.95. The van der Waals surface area contributed by atoms with Crippen molar-refractivity contribution in [2.45, 2.75) is 24.6 Å². The Bertz CT molecular complexity index is 1050. The first-order chi connectivity index (χ1) is 12.7. The van der Waals surface area contributed by atoms with Crippen LogP contribution in [0.1, 0.15) is 30.0 Å². The number of rotatable bonds is 6. The molecule has 140 valence electrons. The third kappa shape index (κ3) is 4.82. The van der Waals surface area contributed by atoms with Crippen LogP contribution < -0.4 is 0 Å². The van der Waals surface area contributed by atoms with Gasteiger partial charge >= 0.3 is 0 Å². The van der Waals surface area contributed by atoms with E-state index in [1.165, 1.54) is 17.8 Å². The van der Waals surface area contributed by atoms with Crippen LogP contribution in [-0.2, 0) is 21.2 Å². The summed E-state index contributed by atoms with van der Waals surface area (Å²) in [6.45, 7) is 0.662. The zero-order valence-corrected chi connectivity index (χ0v) is 15.8. The third-order valence-corrected chi connectivity index (χ3v) is 6.41. The van der Waals surface area contributed by atoms with Crippen molar-refractivity contribution in [3.63, 3.8) is 0 Å². The van der Waals surface area contributed by atoms with Gasteiger partial charge in [-0.25, -0.2) is 8.42 Å². The quantitative estimate of drug-likeness (QED) is 0.740. The summed E-state index contributed by atoms with van der Waals surface area (Å²) < 4.78 is 23.8. The van der Waals surface area contributed by atoms with E-state index in [-0.39, 0.29) is 13.0 Å². The topological polar surface area (TPSA) is 113 Å². The maximum Gasteiger partial charge on any atom is 0.179 e. The highest BCUT2D eigenvalue weighted by atomic mass is 32.2. The maximum atomic E-state index is 12.0. The van der Waals surface area contributed by atoms with Gasteiger partial charge in [0, 0.05) is 24.6 Å². The van der Waals surface area contributed by atoms with Crippen molar-refractivity contribution in [1.82, 2.24) is 9.78 Å². The van der Waals surface area contributed by atoms with Crippen molar-refractivity contribution in [3.8, 4) is 17.9 Å². The van der Waals surface area contributed by atoms with Gasteiger partial charge in [-0.05, 0) is 31.5 Å². The average molecular weight is 385 g/mol. The Morgan fingerprint density at radius 3 is 2.59 bits per heavy atom. The van der Waals surface area contributed by atoms with Crippen molar-refractivity contribution in [1.29, 1.82) is 5.26 Å². The molecule has 0 bridgehead atoms. The highest BCUT2D eigenvalue weighted by Gasteiger charge is 2.42. The van der Waals surface area contributed by atoms with E-state index in [9.17, 15) is 13.2 Å². The van der Waals surface area contributed by atoms with Crippen LogP contribution in [0.2, 0.25) is 0 Å². The van der Waals surface area contributed by atoms with Crippen LogP contribution in [-0.4, -0.2) is 46.7 Å². The molecular weight excluding hydrogens is 366 g/mol. The fourth-order valence-corrected chi connectivity index (χ4v) is 3.33. The van der Waals surface area contributed by atoms with Gasteiger partial charge in [0.2, 0.25) is 0 Å². The molecule has 0 aliphatic carbocycles. The van der Waals surface area contributed by atoms with Crippen LogP contribution in [0.5, 0.6) is 0 Å². The Hall–Kier alpha value is -2.94. The summed E-state index contributed by atoms with van der Waals surface area (Å²) >= 11 is 0. The fraction of sp³-hybridized carbons (Fsp3) is 0.316. The lowest BCUT2D eigenvalue weighted by molar-refractivity contribution is -0.124. The van der Waals surface area contributed by atoms with E-state index in [0.717, 1.165) is 6.26 Å². The number of aryl methyl sites for hydroxylation is 1. The molecule has 0 fully saturated rings. The minimum atomic E-state index is -3.70. The summed E-state index contributed by atoms with van der Waals surface area (Å²) in [5, 5.41) is 22.1. The number of aliphatic hydroxyl groups is 1.